The third-order valence-electron chi connectivity index (χ3n) is 5.01. The van der Waals surface area contributed by atoms with Gasteiger partial charge in [-0.2, -0.15) is 0 Å². The van der Waals surface area contributed by atoms with Gasteiger partial charge in [-0.3, -0.25) is 9.69 Å². The van der Waals surface area contributed by atoms with E-state index in [1.165, 1.54) is 0 Å². The van der Waals surface area contributed by atoms with Crippen LogP contribution in [0.2, 0.25) is 0 Å². The van der Waals surface area contributed by atoms with E-state index in [1.807, 2.05) is 4.68 Å². The topological polar surface area (TPSA) is 99.2 Å². The predicted molar refractivity (Wildman–Crippen MR) is 83.2 cm³/mol. The fourth-order valence-electron chi connectivity index (χ4n) is 3.74. The van der Waals surface area contributed by atoms with Crippen molar-refractivity contribution in [2.45, 2.75) is 51.8 Å². The zero-order chi connectivity index (χ0) is 16.4. The first-order valence-electron chi connectivity index (χ1n) is 8.46. The molecule has 8 heteroatoms. The molecule has 0 saturated carbocycles. The average molecular weight is 322 g/mol. The second-order valence-corrected chi connectivity index (χ2v) is 6.88. The summed E-state index contributed by atoms with van der Waals surface area (Å²) >= 11 is 0. The highest BCUT2D eigenvalue weighted by molar-refractivity contribution is 5.77. The highest BCUT2D eigenvalue weighted by Crippen LogP contribution is 2.33. The standard InChI is InChI=1S/C15H26N6O2/c1-10(2)21-13(17-18-19-21)9-20-6-3-11(4-7-20)14-12(15(16)22)5-8-23-14/h10-12,14H,3-9H2,1-2H3,(H2,16,22)/t12-,14+/m0/s1. The van der Waals surface area contributed by atoms with E-state index in [2.05, 4.69) is 34.3 Å². The van der Waals surface area contributed by atoms with E-state index in [0.29, 0.717) is 12.5 Å². The molecule has 2 saturated heterocycles. The zero-order valence-corrected chi connectivity index (χ0v) is 13.9. The molecule has 2 atom stereocenters. The van der Waals surface area contributed by atoms with Gasteiger partial charge in [0.05, 0.1) is 24.6 Å². The highest BCUT2D eigenvalue weighted by Gasteiger charge is 2.39. The summed E-state index contributed by atoms with van der Waals surface area (Å²) in [6.07, 6.45) is 2.83. The predicted octanol–water partition coefficient (Wildman–Crippen LogP) is 0.356. The molecule has 0 bridgehead atoms. The average Bonchev–Trinajstić information content (AvgIpc) is 3.16. The van der Waals surface area contributed by atoms with Gasteiger partial charge in [-0.1, -0.05) is 0 Å². The number of amides is 1. The number of ether oxygens (including phenoxy) is 1. The first-order valence-corrected chi connectivity index (χ1v) is 8.46. The van der Waals surface area contributed by atoms with E-state index in [9.17, 15) is 4.79 Å². The first kappa shape index (κ1) is 16.3. The molecular formula is C15H26N6O2. The molecule has 128 valence electrons. The van der Waals surface area contributed by atoms with Gasteiger partial charge >= 0.3 is 0 Å². The third-order valence-corrected chi connectivity index (χ3v) is 5.01. The molecule has 23 heavy (non-hydrogen) atoms. The Balaban J connectivity index is 1.54. The van der Waals surface area contributed by atoms with Gasteiger partial charge in [-0.05, 0) is 62.5 Å². The Bertz CT molecular complexity index is 538. The van der Waals surface area contributed by atoms with Crippen LogP contribution in [-0.2, 0) is 16.1 Å². The molecule has 0 aromatic carbocycles. The van der Waals surface area contributed by atoms with Gasteiger partial charge in [0.1, 0.15) is 0 Å². The lowest BCUT2D eigenvalue weighted by Gasteiger charge is -2.35. The number of likely N-dealkylation sites (tertiary alicyclic amines) is 1. The second kappa shape index (κ2) is 6.92. The van der Waals surface area contributed by atoms with Crippen molar-refractivity contribution in [3.05, 3.63) is 5.82 Å². The minimum Gasteiger partial charge on any atom is -0.377 e. The molecule has 1 aromatic heterocycles. The molecule has 2 aliphatic rings. The summed E-state index contributed by atoms with van der Waals surface area (Å²) in [4.78, 5) is 13.9. The number of piperidine rings is 1. The zero-order valence-electron chi connectivity index (χ0n) is 13.9. The second-order valence-electron chi connectivity index (χ2n) is 6.88. The summed E-state index contributed by atoms with van der Waals surface area (Å²) in [6, 6.07) is 0.265. The largest absolute Gasteiger partial charge is 0.377 e. The smallest absolute Gasteiger partial charge is 0.223 e. The molecule has 3 heterocycles. The summed E-state index contributed by atoms with van der Waals surface area (Å²) in [7, 11) is 0. The van der Waals surface area contributed by atoms with Crippen molar-refractivity contribution in [3.8, 4) is 0 Å². The SMILES string of the molecule is CC(C)n1nnnc1CN1CCC([C@H]2OCC[C@@H]2C(N)=O)CC1. The van der Waals surface area contributed by atoms with E-state index in [4.69, 9.17) is 10.5 Å². The molecule has 0 radical (unpaired) electrons. The number of rotatable bonds is 5. The number of hydrogen-bond donors (Lipinski definition) is 1. The lowest BCUT2D eigenvalue weighted by atomic mass is 9.84. The van der Waals surface area contributed by atoms with Gasteiger partial charge in [-0.25, -0.2) is 4.68 Å². The summed E-state index contributed by atoms with van der Waals surface area (Å²) in [5.41, 5.74) is 5.50. The molecule has 1 amide bonds. The van der Waals surface area contributed by atoms with Crippen LogP contribution < -0.4 is 5.73 Å². The van der Waals surface area contributed by atoms with Crippen molar-refractivity contribution in [1.29, 1.82) is 0 Å². The Labute approximate surface area is 136 Å². The summed E-state index contributed by atoms with van der Waals surface area (Å²) < 4.78 is 7.67. The maximum absolute atomic E-state index is 11.5. The van der Waals surface area contributed by atoms with Crippen LogP contribution >= 0.6 is 0 Å². The normalized spacial score (nSPS) is 26.9. The Morgan fingerprint density at radius 2 is 2.09 bits per heavy atom. The Morgan fingerprint density at radius 3 is 2.74 bits per heavy atom. The minimum atomic E-state index is -0.217. The highest BCUT2D eigenvalue weighted by atomic mass is 16.5. The Kier molecular flexibility index (Phi) is 4.91. The number of carbonyl (C=O) groups excluding carboxylic acids is 1. The third kappa shape index (κ3) is 3.53. The maximum Gasteiger partial charge on any atom is 0.223 e. The summed E-state index contributed by atoms with van der Waals surface area (Å²) in [6.45, 7) is 7.52. The molecule has 2 fully saturated rings. The molecule has 3 rings (SSSR count). The first-order chi connectivity index (χ1) is 11.1. The number of aromatic nitrogens is 4. The number of hydrogen-bond acceptors (Lipinski definition) is 6. The van der Waals surface area contributed by atoms with Crippen LogP contribution in [0, 0.1) is 11.8 Å². The molecule has 1 aromatic rings. The van der Waals surface area contributed by atoms with Gasteiger partial charge in [0, 0.05) is 6.61 Å². The van der Waals surface area contributed by atoms with Crippen molar-refractivity contribution < 1.29 is 9.53 Å². The van der Waals surface area contributed by atoms with Gasteiger partial charge in [-0.15, -0.1) is 5.10 Å². The molecule has 0 aliphatic carbocycles. The van der Waals surface area contributed by atoms with E-state index in [1.54, 1.807) is 0 Å². The lowest BCUT2D eigenvalue weighted by Crippen LogP contribution is -2.42. The van der Waals surface area contributed by atoms with Crippen molar-refractivity contribution >= 4 is 5.91 Å². The monoisotopic (exact) mass is 322 g/mol. The van der Waals surface area contributed by atoms with Gasteiger partial charge in [0.25, 0.3) is 0 Å². The Morgan fingerprint density at radius 1 is 1.35 bits per heavy atom. The van der Waals surface area contributed by atoms with Crippen molar-refractivity contribution in [2.24, 2.45) is 17.6 Å². The summed E-state index contributed by atoms with van der Waals surface area (Å²) in [5.74, 6) is 1.00. The number of nitrogens with two attached hydrogens (primary N) is 1. The van der Waals surface area contributed by atoms with E-state index < -0.39 is 0 Å². The number of primary amides is 1. The number of tetrazole rings is 1. The van der Waals surface area contributed by atoms with Crippen LogP contribution in [0.25, 0.3) is 0 Å². The van der Waals surface area contributed by atoms with Crippen LogP contribution in [0.3, 0.4) is 0 Å². The Hall–Kier alpha value is -1.54. The lowest BCUT2D eigenvalue weighted by molar-refractivity contribution is -0.124. The molecule has 0 unspecified atom stereocenters. The molecule has 2 N–H and O–H groups in total. The van der Waals surface area contributed by atoms with Crippen molar-refractivity contribution in [2.75, 3.05) is 19.7 Å². The van der Waals surface area contributed by atoms with Crippen LogP contribution in [0.5, 0.6) is 0 Å². The van der Waals surface area contributed by atoms with Gasteiger partial charge in [0.2, 0.25) is 5.91 Å². The van der Waals surface area contributed by atoms with Crippen LogP contribution in [0.1, 0.15) is 45.0 Å². The number of nitrogens with zero attached hydrogens (tertiary/aromatic N) is 5. The van der Waals surface area contributed by atoms with E-state index >= 15 is 0 Å². The summed E-state index contributed by atoms with van der Waals surface area (Å²) in [5, 5.41) is 12.0. The van der Waals surface area contributed by atoms with Crippen LogP contribution in [-0.4, -0.2) is 56.8 Å². The molecule has 2 aliphatic heterocycles. The maximum atomic E-state index is 11.5. The fraction of sp³-hybridized carbons (Fsp3) is 0.867. The fourth-order valence-corrected chi connectivity index (χ4v) is 3.74. The molecule has 0 spiro atoms. The molecular weight excluding hydrogens is 296 g/mol. The van der Waals surface area contributed by atoms with E-state index in [-0.39, 0.29) is 24.0 Å². The van der Waals surface area contributed by atoms with Crippen LogP contribution in [0.15, 0.2) is 0 Å². The molecule has 8 nitrogen and oxygen atoms in total. The number of carbonyl (C=O) groups is 1. The van der Waals surface area contributed by atoms with E-state index in [0.717, 1.165) is 44.7 Å². The van der Waals surface area contributed by atoms with Crippen LogP contribution in [0.4, 0.5) is 0 Å². The van der Waals surface area contributed by atoms with Crippen molar-refractivity contribution in [1.82, 2.24) is 25.1 Å². The van der Waals surface area contributed by atoms with Gasteiger partial charge < -0.3 is 10.5 Å². The van der Waals surface area contributed by atoms with Gasteiger partial charge in [0.15, 0.2) is 5.82 Å². The minimum absolute atomic E-state index is 0.00985. The quantitative estimate of drug-likeness (QED) is 0.840. The van der Waals surface area contributed by atoms with Crippen molar-refractivity contribution in [3.63, 3.8) is 0 Å².